The number of aryl methyl sites for hydroxylation is 2. The second-order valence-corrected chi connectivity index (χ2v) is 7.19. The number of esters is 1. The van der Waals surface area contributed by atoms with Crippen LogP contribution in [-0.2, 0) is 27.3 Å². The van der Waals surface area contributed by atoms with Gasteiger partial charge < -0.3 is 14.6 Å². The van der Waals surface area contributed by atoms with Gasteiger partial charge >= 0.3 is 5.97 Å². The van der Waals surface area contributed by atoms with E-state index in [4.69, 9.17) is 4.74 Å². The van der Waals surface area contributed by atoms with E-state index in [0.717, 1.165) is 36.6 Å². The van der Waals surface area contributed by atoms with Crippen molar-refractivity contribution >= 4 is 28.6 Å². The summed E-state index contributed by atoms with van der Waals surface area (Å²) in [6.45, 7) is 1.91. The zero-order chi connectivity index (χ0) is 23.1. The van der Waals surface area contributed by atoms with Crippen LogP contribution in [0.3, 0.4) is 0 Å². The minimum atomic E-state index is -0.812. The van der Waals surface area contributed by atoms with Crippen molar-refractivity contribution in [3.8, 4) is 0 Å². The first-order chi connectivity index (χ1) is 15.4. The number of aromatic nitrogens is 2. The molecule has 168 valence electrons. The van der Waals surface area contributed by atoms with E-state index in [9.17, 15) is 23.2 Å². The summed E-state index contributed by atoms with van der Waals surface area (Å²) in [7, 11) is 0. The summed E-state index contributed by atoms with van der Waals surface area (Å²) in [4.78, 5) is 41.1. The Morgan fingerprint density at radius 3 is 2.72 bits per heavy atom. The molecule has 0 aliphatic rings. The summed E-state index contributed by atoms with van der Waals surface area (Å²) in [6, 6.07) is 9.91. The molecule has 1 aromatic heterocycles. The lowest BCUT2D eigenvalue weighted by atomic mass is 10.2. The van der Waals surface area contributed by atoms with Gasteiger partial charge in [0.1, 0.15) is 17.3 Å². The number of benzene rings is 2. The number of amides is 1. The Balaban J connectivity index is 1.61. The molecule has 32 heavy (non-hydrogen) atoms. The van der Waals surface area contributed by atoms with Gasteiger partial charge in [-0.15, -0.1) is 0 Å². The Hall–Kier alpha value is -3.62. The van der Waals surface area contributed by atoms with Crippen LogP contribution in [0.1, 0.15) is 31.9 Å². The predicted octanol–water partition coefficient (Wildman–Crippen LogP) is 3.59. The number of ether oxygens (including phenoxy) is 1. The predicted molar refractivity (Wildman–Crippen MR) is 115 cm³/mol. The summed E-state index contributed by atoms with van der Waals surface area (Å²) < 4.78 is 33.3. The van der Waals surface area contributed by atoms with Gasteiger partial charge in [-0.1, -0.05) is 25.5 Å². The van der Waals surface area contributed by atoms with Crippen molar-refractivity contribution in [2.24, 2.45) is 0 Å². The highest BCUT2D eigenvalue weighted by atomic mass is 19.1. The molecule has 0 bridgehead atoms. The third-order valence-electron chi connectivity index (χ3n) is 4.79. The molecular weight excluding hydrogens is 420 g/mol. The van der Waals surface area contributed by atoms with Crippen LogP contribution in [-0.4, -0.2) is 28.0 Å². The fourth-order valence-electron chi connectivity index (χ4n) is 3.16. The number of carbonyl (C=O) groups is 2. The smallest absolute Gasteiger partial charge is 0.306 e. The van der Waals surface area contributed by atoms with Gasteiger partial charge in [0.2, 0.25) is 0 Å². The number of anilines is 1. The van der Waals surface area contributed by atoms with Gasteiger partial charge in [-0.05, 0) is 30.7 Å². The molecule has 1 heterocycles. The van der Waals surface area contributed by atoms with Crippen LogP contribution in [0.5, 0.6) is 0 Å². The standard InChI is InChI=1S/C23H23F2N3O4/c1-2-3-12-28-20-7-5-4-6-17(20)26-18(23(28)31)10-11-22(30)32-14-21(29)27-19-13-15(24)8-9-16(19)25/h4-9,13H,2-3,10-12,14H2,1H3,(H,27,29). The number of fused-ring (bicyclic) bond motifs is 1. The van der Waals surface area contributed by atoms with Crippen molar-refractivity contribution in [1.82, 2.24) is 9.55 Å². The molecule has 9 heteroatoms. The van der Waals surface area contributed by atoms with Crippen molar-refractivity contribution in [3.05, 3.63) is 70.1 Å². The average Bonchev–Trinajstić information content (AvgIpc) is 2.78. The fraction of sp³-hybridized carbons (Fsp3) is 0.304. The molecule has 0 fully saturated rings. The Kier molecular flexibility index (Phi) is 7.64. The van der Waals surface area contributed by atoms with E-state index in [1.165, 1.54) is 0 Å². The van der Waals surface area contributed by atoms with Crippen molar-refractivity contribution in [2.75, 3.05) is 11.9 Å². The molecule has 7 nitrogen and oxygen atoms in total. The lowest BCUT2D eigenvalue weighted by molar-refractivity contribution is -0.147. The molecule has 3 aromatic rings. The third kappa shape index (κ3) is 5.75. The summed E-state index contributed by atoms with van der Waals surface area (Å²) in [5.41, 5.74) is 1.02. The van der Waals surface area contributed by atoms with E-state index in [1.807, 2.05) is 25.1 Å². The molecule has 0 unspecified atom stereocenters. The van der Waals surface area contributed by atoms with Crippen LogP contribution in [0.4, 0.5) is 14.5 Å². The summed E-state index contributed by atoms with van der Waals surface area (Å²) >= 11 is 0. The number of hydrogen-bond donors (Lipinski definition) is 1. The van der Waals surface area contributed by atoms with Crippen LogP contribution >= 0.6 is 0 Å². The summed E-state index contributed by atoms with van der Waals surface area (Å²) in [5.74, 6) is -3.05. The topological polar surface area (TPSA) is 90.3 Å². The van der Waals surface area contributed by atoms with E-state index >= 15 is 0 Å². The minimum absolute atomic E-state index is 0.0504. The van der Waals surface area contributed by atoms with Gasteiger partial charge in [0.15, 0.2) is 6.61 Å². The molecule has 0 atom stereocenters. The molecule has 1 amide bonds. The van der Waals surface area contributed by atoms with Crippen molar-refractivity contribution in [3.63, 3.8) is 0 Å². The molecule has 3 rings (SSSR count). The van der Waals surface area contributed by atoms with E-state index in [-0.39, 0.29) is 29.8 Å². The number of halogens is 2. The first-order valence-corrected chi connectivity index (χ1v) is 10.3. The first kappa shape index (κ1) is 23.1. The van der Waals surface area contributed by atoms with E-state index in [1.54, 1.807) is 10.6 Å². The summed E-state index contributed by atoms with van der Waals surface area (Å²) in [5, 5.41) is 2.14. The van der Waals surface area contributed by atoms with E-state index < -0.39 is 30.1 Å². The second-order valence-electron chi connectivity index (χ2n) is 7.19. The largest absolute Gasteiger partial charge is 0.456 e. The molecule has 0 saturated carbocycles. The van der Waals surface area contributed by atoms with Crippen molar-refractivity contribution in [1.29, 1.82) is 0 Å². The Bertz CT molecular complexity index is 1190. The third-order valence-corrected chi connectivity index (χ3v) is 4.79. The Morgan fingerprint density at radius 1 is 1.16 bits per heavy atom. The molecule has 0 aliphatic heterocycles. The van der Waals surface area contributed by atoms with Crippen LogP contribution in [0.25, 0.3) is 11.0 Å². The van der Waals surface area contributed by atoms with Gasteiger partial charge in [-0.2, -0.15) is 0 Å². The SMILES string of the molecule is CCCCn1c(=O)c(CCC(=O)OCC(=O)Nc2cc(F)ccc2F)nc2ccccc21. The quantitative estimate of drug-likeness (QED) is 0.511. The molecule has 0 saturated heterocycles. The lowest BCUT2D eigenvalue weighted by Gasteiger charge is -2.12. The van der Waals surface area contributed by atoms with Crippen LogP contribution in [0.2, 0.25) is 0 Å². The van der Waals surface area contributed by atoms with Crippen molar-refractivity contribution < 1.29 is 23.1 Å². The molecule has 2 aromatic carbocycles. The number of nitrogens with zero attached hydrogens (tertiary/aromatic N) is 2. The maximum atomic E-state index is 13.6. The Labute approximate surface area is 183 Å². The van der Waals surface area contributed by atoms with Gasteiger partial charge in [-0.3, -0.25) is 14.4 Å². The molecule has 0 spiro atoms. The normalized spacial score (nSPS) is 10.8. The zero-order valence-corrected chi connectivity index (χ0v) is 17.6. The maximum absolute atomic E-state index is 13.6. The van der Waals surface area contributed by atoms with E-state index in [0.29, 0.717) is 12.1 Å². The fourth-order valence-corrected chi connectivity index (χ4v) is 3.16. The summed E-state index contributed by atoms with van der Waals surface area (Å²) in [6.07, 6.45) is 1.65. The minimum Gasteiger partial charge on any atom is -0.456 e. The maximum Gasteiger partial charge on any atom is 0.306 e. The number of carbonyl (C=O) groups excluding carboxylic acids is 2. The highest BCUT2D eigenvalue weighted by molar-refractivity contribution is 5.92. The van der Waals surface area contributed by atoms with Crippen LogP contribution in [0, 0.1) is 11.6 Å². The molecule has 1 N–H and O–H groups in total. The molecule has 0 aliphatic carbocycles. The second kappa shape index (κ2) is 10.6. The number of unbranched alkanes of at least 4 members (excludes halogenated alkanes) is 1. The van der Waals surface area contributed by atoms with Gasteiger partial charge in [0, 0.05) is 19.0 Å². The van der Waals surface area contributed by atoms with Crippen LogP contribution in [0.15, 0.2) is 47.3 Å². The van der Waals surface area contributed by atoms with Crippen LogP contribution < -0.4 is 10.9 Å². The highest BCUT2D eigenvalue weighted by Gasteiger charge is 2.15. The molecular formula is C23H23F2N3O4. The highest BCUT2D eigenvalue weighted by Crippen LogP contribution is 2.15. The Morgan fingerprint density at radius 2 is 1.94 bits per heavy atom. The van der Waals surface area contributed by atoms with E-state index in [2.05, 4.69) is 10.3 Å². The zero-order valence-electron chi connectivity index (χ0n) is 17.6. The van der Waals surface area contributed by atoms with Gasteiger partial charge in [0.05, 0.1) is 23.1 Å². The van der Waals surface area contributed by atoms with Gasteiger partial charge in [-0.25, -0.2) is 13.8 Å². The number of rotatable bonds is 9. The van der Waals surface area contributed by atoms with Gasteiger partial charge in [0.25, 0.3) is 11.5 Å². The number of hydrogen-bond acceptors (Lipinski definition) is 5. The lowest BCUT2D eigenvalue weighted by Crippen LogP contribution is -2.27. The first-order valence-electron chi connectivity index (χ1n) is 10.3. The van der Waals surface area contributed by atoms with Crippen molar-refractivity contribution in [2.45, 2.75) is 39.2 Å². The number of nitrogens with one attached hydrogen (secondary N) is 1. The monoisotopic (exact) mass is 443 g/mol. The molecule has 0 radical (unpaired) electrons. The average molecular weight is 443 g/mol. The number of para-hydroxylation sites is 2.